The maximum Gasteiger partial charge on any atom is 0.290 e. The standard InChI is InChI=1S/C28H22BrNO7/c1-35-19-10-6-9-16-12-21(37-27(16)19)25(32)22-23(17-11-18(29)24(31)20(13-17)36-2)30(28(34)26(22)33)14-15-7-4-3-5-8-15/h3-13,23,31,33H,14H2,1-2H3. The lowest BCUT2D eigenvalue weighted by molar-refractivity contribution is -0.130. The van der Waals surface area contributed by atoms with Crippen LogP contribution in [0.4, 0.5) is 0 Å². The number of carbonyl (C=O) groups is 2. The van der Waals surface area contributed by atoms with Crippen LogP contribution < -0.4 is 9.47 Å². The number of halogens is 1. The fourth-order valence-corrected chi connectivity index (χ4v) is 4.98. The minimum atomic E-state index is -0.985. The molecule has 0 saturated heterocycles. The van der Waals surface area contributed by atoms with Crippen molar-refractivity contribution in [2.45, 2.75) is 12.6 Å². The van der Waals surface area contributed by atoms with Gasteiger partial charge >= 0.3 is 0 Å². The molecule has 4 aromatic rings. The van der Waals surface area contributed by atoms with Gasteiger partial charge in [-0.1, -0.05) is 42.5 Å². The third-order valence-corrected chi connectivity index (χ3v) is 6.89. The highest BCUT2D eigenvalue weighted by molar-refractivity contribution is 9.10. The second-order valence-corrected chi connectivity index (χ2v) is 9.31. The molecule has 1 amide bonds. The first-order valence-electron chi connectivity index (χ1n) is 11.3. The van der Waals surface area contributed by atoms with Gasteiger partial charge < -0.3 is 29.0 Å². The number of phenols is 1. The molecule has 1 unspecified atom stereocenters. The first kappa shape index (κ1) is 24.5. The number of rotatable bonds is 7. The molecule has 0 spiro atoms. The number of fused-ring (bicyclic) bond motifs is 1. The number of aliphatic hydroxyl groups excluding tert-OH is 1. The van der Waals surface area contributed by atoms with Gasteiger partial charge in [-0.2, -0.15) is 0 Å². The van der Waals surface area contributed by atoms with Crippen LogP contribution in [0.3, 0.4) is 0 Å². The van der Waals surface area contributed by atoms with Gasteiger partial charge in [-0.25, -0.2) is 0 Å². The lowest BCUT2D eigenvalue weighted by Gasteiger charge is -2.27. The van der Waals surface area contributed by atoms with E-state index < -0.39 is 23.5 Å². The van der Waals surface area contributed by atoms with Gasteiger partial charge in [0, 0.05) is 11.9 Å². The van der Waals surface area contributed by atoms with Crippen molar-refractivity contribution >= 4 is 38.6 Å². The molecule has 8 nitrogen and oxygen atoms in total. The third-order valence-electron chi connectivity index (χ3n) is 6.28. The van der Waals surface area contributed by atoms with Gasteiger partial charge in [-0.15, -0.1) is 0 Å². The van der Waals surface area contributed by atoms with Crippen molar-refractivity contribution in [1.82, 2.24) is 4.90 Å². The number of aliphatic hydroxyl groups is 1. The molecule has 0 saturated carbocycles. The highest BCUT2D eigenvalue weighted by Crippen LogP contribution is 2.45. The summed E-state index contributed by atoms with van der Waals surface area (Å²) >= 11 is 3.31. The largest absolute Gasteiger partial charge is 0.503 e. The van der Waals surface area contributed by atoms with Crippen LogP contribution in [0.1, 0.15) is 27.7 Å². The number of carbonyl (C=O) groups excluding carboxylic acids is 2. The number of amides is 1. The van der Waals surface area contributed by atoms with Crippen molar-refractivity contribution in [3.05, 3.63) is 99.4 Å². The molecular formula is C28H22BrNO7. The number of furan rings is 1. The molecule has 37 heavy (non-hydrogen) atoms. The summed E-state index contributed by atoms with van der Waals surface area (Å²) in [4.78, 5) is 28.6. The predicted molar refractivity (Wildman–Crippen MR) is 139 cm³/mol. The quantitative estimate of drug-likeness (QED) is 0.278. The normalized spacial score (nSPS) is 15.5. The van der Waals surface area contributed by atoms with Crippen molar-refractivity contribution in [1.29, 1.82) is 0 Å². The van der Waals surface area contributed by atoms with Crippen molar-refractivity contribution in [3.8, 4) is 17.2 Å². The van der Waals surface area contributed by atoms with Crippen molar-refractivity contribution in [2.24, 2.45) is 0 Å². The molecule has 0 radical (unpaired) electrons. The van der Waals surface area contributed by atoms with E-state index in [1.54, 1.807) is 30.3 Å². The average Bonchev–Trinajstić information content (AvgIpc) is 3.45. The topological polar surface area (TPSA) is 109 Å². The van der Waals surface area contributed by atoms with E-state index in [9.17, 15) is 19.8 Å². The van der Waals surface area contributed by atoms with E-state index in [-0.39, 0.29) is 29.4 Å². The number of ketones is 1. The van der Waals surface area contributed by atoms with Crippen LogP contribution in [-0.2, 0) is 11.3 Å². The summed E-state index contributed by atoms with van der Waals surface area (Å²) in [5.74, 6) is -1.60. The molecule has 0 bridgehead atoms. The number of hydrogen-bond acceptors (Lipinski definition) is 7. The summed E-state index contributed by atoms with van der Waals surface area (Å²) in [7, 11) is 2.89. The van der Waals surface area contributed by atoms with E-state index in [2.05, 4.69) is 15.9 Å². The smallest absolute Gasteiger partial charge is 0.290 e. The maximum absolute atomic E-state index is 13.8. The van der Waals surface area contributed by atoms with Gasteiger partial charge in [0.2, 0.25) is 5.78 Å². The van der Waals surface area contributed by atoms with Crippen LogP contribution in [0.2, 0.25) is 0 Å². The molecule has 3 aromatic carbocycles. The van der Waals surface area contributed by atoms with Gasteiger partial charge in [0.15, 0.2) is 34.4 Å². The molecule has 1 aliphatic heterocycles. The summed E-state index contributed by atoms with van der Waals surface area (Å²) in [5, 5.41) is 22.0. The number of hydrogen-bond donors (Lipinski definition) is 2. The van der Waals surface area contributed by atoms with E-state index >= 15 is 0 Å². The van der Waals surface area contributed by atoms with E-state index in [0.717, 1.165) is 5.56 Å². The molecule has 1 aromatic heterocycles. The van der Waals surface area contributed by atoms with Crippen LogP contribution in [0.5, 0.6) is 17.2 Å². The Kier molecular flexibility index (Phi) is 6.39. The molecule has 0 fully saturated rings. The number of methoxy groups -OCH3 is 2. The molecule has 188 valence electrons. The molecule has 2 heterocycles. The summed E-state index contributed by atoms with van der Waals surface area (Å²) < 4.78 is 16.8. The molecule has 1 atom stereocenters. The number of aromatic hydroxyl groups is 1. The fourth-order valence-electron chi connectivity index (χ4n) is 4.52. The number of phenolic OH excluding ortho intramolecular Hbond substituents is 1. The monoisotopic (exact) mass is 563 g/mol. The Morgan fingerprint density at radius 3 is 2.43 bits per heavy atom. The molecule has 9 heteroatoms. The number of nitrogens with zero attached hydrogens (tertiary/aromatic N) is 1. The minimum Gasteiger partial charge on any atom is -0.503 e. The minimum absolute atomic E-state index is 0.0507. The summed E-state index contributed by atoms with van der Waals surface area (Å²) in [6.07, 6.45) is 0. The highest BCUT2D eigenvalue weighted by atomic mass is 79.9. The Bertz CT molecular complexity index is 1560. The lowest BCUT2D eigenvalue weighted by atomic mass is 9.94. The van der Waals surface area contributed by atoms with Gasteiger partial charge in [0.1, 0.15) is 0 Å². The van der Waals surface area contributed by atoms with Gasteiger partial charge in [-0.3, -0.25) is 9.59 Å². The van der Waals surface area contributed by atoms with Gasteiger partial charge in [0.05, 0.1) is 30.3 Å². The number of benzene rings is 3. The zero-order valence-electron chi connectivity index (χ0n) is 19.9. The Balaban J connectivity index is 1.65. The van der Waals surface area contributed by atoms with Crippen LogP contribution in [0, 0.1) is 0 Å². The highest BCUT2D eigenvalue weighted by Gasteiger charge is 2.45. The van der Waals surface area contributed by atoms with Crippen molar-refractivity contribution in [2.75, 3.05) is 14.2 Å². The first-order valence-corrected chi connectivity index (χ1v) is 12.1. The zero-order valence-corrected chi connectivity index (χ0v) is 21.5. The lowest BCUT2D eigenvalue weighted by Crippen LogP contribution is -2.30. The molecular weight excluding hydrogens is 542 g/mol. The van der Waals surface area contributed by atoms with Crippen molar-refractivity contribution < 1.29 is 33.7 Å². The van der Waals surface area contributed by atoms with Crippen molar-refractivity contribution in [3.63, 3.8) is 0 Å². The van der Waals surface area contributed by atoms with Gasteiger partial charge in [0.25, 0.3) is 5.91 Å². The Labute approximate surface area is 220 Å². The maximum atomic E-state index is 13.8. The molecule has 2 N–H and O–H groups in total. The fraction of sp³-hybridized carbons (Fsp3) is 0.143. The third kappa shape index (κ3) is 4.21. The second kappa shape index (κ2) is 9.67. The van der Waals surface area contributed by atoms with E-state index in [0.29, 0.717) is 26.8 Å². The molecule has 5 rings (SSSR count). The summed E-state index contributed by atoms with van der Waals surface area (Å²) in [6.45, 7) is 0.125. The number of para-hydroxylation sites is 1. The first-order chi connectivity index (χ1) is 17.8. The SMILES string of the molecule is COc1cc(C2C(C(=O)c3cc4cccc(OC)c4o3)=C(O)C(=O)N2Cc2ccccc2)cc(Br)c1O. The molecule has 1 aliphatic rings. The second-order valence-electron chi connectivity index (χ2n) is 8.46. The number of ether oxygens (including phenoxy) is 2. The Hall–Kier alpha value is -4.24. The van der Waals surface area contributed by atoms with E-state index in [1.807, 2.05) is 30.3 Å². The predicted octanol–water partition coefficient (Wildman–Crippen LogP) is 5.70. The zero-order chi connectivity index (χ0) is 26.3. The number of Topliss-reactive ketones (excluding diaryl/α,β-unsaturated/α-hetero) is 1. The van der Waals surface area contributed by atoms with Crippen LogP contribution in [0.15, 0.2) is 87.0 Å². The van der Waals surface area contributed by atoms with E-state index in [1.165, 1.54) is 25.2 Å². The average molecular weight is 564 g/mol. The Morgan fingerprint density at radius 2 is 1.73 bits per heavy atom. The van der Waals surface area contributed by atoms with Crippen LogP contribution >= 0.6 is 15.9 Å². The van der Waals surface area contributed by atoms with E-state index in [4.69, 9.17) is 13.9 Å². The summed E-state index contributed by atoms with van der Waals surface area (Å²) in [6, 6.07) is 18.2. The Morgan fingerprint density at radius 1 is 1.00 bits per heavy atom. The van der Waals surface area contributed by atoms with Crippen LogP contribution in [0.25, 0.3) is 11.0 Å². The van der Waals surface area contributed by atoms with Gasteiger partial charge in [-0.05, 0) is 51.3 Å². The van der Waals surface area contributed by atoms with Crippen LogP contribution in [-0.4, -0.2) is 41.0 Å². The summed E-state index contributed by atoms with van der Waals surface area (Å²) in [5.41, 5.74) is 1.50. The molecule has 0 aliphatic carbocycles.